The molecule has 0 radical (unpaired) electrons. The maximum atomic E-state index is 13.3. The monoisotopic (exact) mass is 410 g/mol. The third kappa shape index (κ3) is 2.25. The lowest BCUT2D eigenvalue weighted by Crippen LogP contribution is -2.58. The molecule has 8 N–H and O–H groups in total. The van der Waals surface area contributed by atoms with Crippen molar-refractivity contribution in [2.45, 2.75) is 24.9 Å². The highest BCUT2D eigenvalue weighted by molar-refractivity contribution is 6.22. The van der Waals surface area contributed by atoms with E-state index in [4.69, 9.17) is 17.9 Å². The van der Waals surface area contributed by atoms with Crippen LogP contribution in [-0.2, 0) is 20.8 Å². The number of nitrogen functional groups attached to an aromatic ring is 1. The molecule has 0 spiro atoms. The van der Waals surface area contributed by atoms with Crippen LogP contribution in [0.3, 0.4) is 0 Å². The fourth-order valence-electron chi connectivity index (χ4n) is 4.81. The molecule has 0 aliphatic heterocycles. The third-order valence-corrected chi connectivity index (χ3v) is 6.25. The van der Waals surface area contributed by atoms with Crippen LogP contribution in [0.25, 0.3) is 5.76 Å². The van der Waals surface area contributed by atoms with Crippen molar-refractivity contribution < 1.29 is 34.8 Å². The molecule has 1 fully saturated rings. The number of benzene rings is 1. The van der Waals surface area contributed by atoms with Crippen molar-refractivity contribution in [1.82, 2.24) is 0 Å². The Labute approximate surface area is 170 Å². The van der Waals surface area contributed by atoms with Gasteiger partial charge in [-0.05, 0) is 30.4 Å². The van der Waals surface area contributed by atoms with Gasteiger partial charge in [0, 0.05) is 17.9 Å². The minimum Gasteiger partial charge on any atom is -0.508 e. The van der Waals surface area contributed by atoms with E-state index in [9.17, 15) is 34.8 Å². The first-order valence-corrected chi connectivity index (χ1v) is 9.12. The summed E-state index contributed by atoms with van der Waals surface area (Å²) in [5, 5.41) is 42.8. The second kappa shape index (κ2) is 6.11. The number of Topliss-reactive ketones (excluding diaryl/α,β-unsaturated/α-hetero) is 2. The van der Waals surface area contributed by atoms with Gasteiger partial charge in [0.05, 0.1) is 16.8 Å². The van der Waals surface area contributed by atoms with Crippen LogP contribution in [0.4, 0.5) is 5.69 Å². The van der Waals surface area contributed by atoms with E-state index in [0.29, 0.717) is 5.56 Å². The fraction of sp³-hybridized carbons (Fsp3) is 0.286. The molecule has 0 bridgehead atoms. The lowest BCUT2D eigenvalue weighted by molar-refractivity contribution is -0.147. The van der Waals surface area contributed by atoms with Gasteiger partial charge in [0.1, 0.15) is 17.1 Å². The number of hydrogen-bond acceptors (Lipinski definition) is 8. The fourth-order valence-corrected chi connectivity index (χ4v) is 4.81. The Bertz CT molecular complexity index is 1170. The Morgan fingerprint density at radius 2 is 1.90 bits per heavy atom. The molecule has 9 heteroatoms. The second-order valence-corrected chi connectivity index (χ2v) is 7.77. The van der Waals surface area contributed by atoms with E-state index in [1.165, 1.54) is 6.07 Å². The summed E-state index contributed by atoms with van der Waals surface area (Å²) in [5.74, 6) is -4.59. The number of ketones is 2. The zero-order valence-corrected chi connectivity index (χ0v) is 15.6. The summed E-state index contributed by atoms with van der Waals surface area (Å²) in [5.41, 5.74) is 7.74. The molecule has 1 aromatic carbocycles. The molecule has 0 saturated heterocycles. The number of fused-ring (bicyclic) bond motifs is 3. The van der Waals surface area contributed by atoms with E-state index in [-0.39, 0.29) is 41.6 Å². The van der Waals surface area contributed by atoms with Crippen LogP contribution < -0.4 is 11.5 Å². The maximum absolute atomic E-state index is 13.3. The van der Waals surface area contributed by atoms with Gasteiger partial charge in [0.15, 0.2) is 17.1 Å². The molecule has 0 heterocycles. The Balaban J connectivity index is 1.95. The molecule has 1 aromatic rings. The molecular formula is C21H18N2O7. The second-order valence-electron chi connectivity index (χ2n) is 7.77. The van der Waals surface area contributed by atoms with Gasteiger partial charge in [0.25, 0.3) is 5.91 Å². The topological polar surface area (TPSA) is 184 Å². The summed E-state index contributed by atoms with van der Waals surface area (Å²) in [6.45, 7) is 0. The number of amides is 1. The molecule has 0 unspecified atom stereocenters. The molecule has 30 heavy (non-hydrogen) atoms. The zero-order chi connectivity index (χ0) is 22.1. The maximum Gasteiger partial charge on any atom is 0.255 e. The van der Waals surface area contributed by atoms with E-state index in [2.05, 4.69) is 5.92 Å². The normalized spacial score (nSPS) is 27.9. The highest BCUT2D eigenvalue weighted by Gasteiger charge is 2.60. The standard InChI is InChI=1S/C21H18N2O7/c1-2-7-3-8-4-9-5-10-6-11(24)14(20(23)29)19(28)21(10,30)18(27)13(9)16(25)12(8)17(26)15(7)22/h1,3,9-10,25-26,28,30H,4-6,22H2,(H2,23,29)/t9-,10-,21-/m0/s1. The van der Waals surface area contributed by atoms with Gasteiger partial charge in [-0.1, -0.05) is 5.92 Å². The quantitative estimate of drug-likeness (QED) is 0.161. The Hall–Kier alpha value is -3.77. The predicted molar refractivity (Wildman–Crippen MR) is 104 cm³/mol. The summed E-state index contributed by atoms with van der Waals surface area (Å²) in [7, 11) is 0. The number of aliphatic hydroxyl groups is 3. The Kier molecular flexibility index (Phi) is 3.98. The molecule has 3 aliphatic rings. The van der Waals surface area contributed by atoms with Crippen molar-refractivity contribution in [3.63, 3.8) is 0 Å². The molecule has 9 nitrogen and oxygen atoms in total. The number of phenolic OH excluding ortho intramolecular Hbond substituents is 1. The van der Waals surface area contributed by atoms with Crippen LogP contribution in [0.1, 0.15) is 29.5 Å². The first-order valence-electron chi connectivity index (χ1n) is 9.12. The van der Waals surface area contributed by atoms with Crippen LogP contribution in [-0.4, -0.2) is 43.5 Å². The number of phenols is 1. The lowest BCUT2D eigenvalue weighted by Gasteiger charge is -2.46. The van der Waals surface area contributed by atoms with Gasteiger partial charge >= 0.3 is 0 Å². The van der Waals surface area contributed by atoms with Crippen LogP contribution in [0.5, 0.6) is 5.75 Å². The SMILES string of the molecule is C#Cc1cc2c(c(O)c1N)C(O)=C1C(=O)[C@]3(O)C(O)=C(C(N)=O)C(=O)C[C@@H]3C[C@@H]1C2. The van der Waals surface area contributed by atoms with Crippen LogP contribution in [0, 0.1) is 24.2 Å². The van der Waals surface area contributed by atoms with Crippen molar-refractivity contribution in [2.75, 3.05) is 5.73 Å². The lowest BCUT2D eigenvalue weighted by atomic mass is 9.59. The van der Waals surface area contributed by atoms with Gasteiger partial charge in [-0.25, -0.2) is 0 Å². The minimum atomic E-state index is -2.59. The number of anilines is 1. The Morgan fingerprint density at radius 1 is 1.23 bits per heavy atom. The average molecular weight is 410 g/mol. The molecule has 1 saturated carbocycles. The number of aliphatic hydroxyl groups excluding tert-OH is 2. The third-order valence-electron chi connectivity index (χ3n) is 6.25. The molecule has 4 rings (SSSR count). The molecule has 3 atom stereocenters. The number of carbonyl (C=O) groups is 3. The Morgan fingerprint density at radius 3 is 2.50 bits per heavy atom. The van der Waals surface area contributed by atoms with Crippen molar-refractivity contribution in [3.8, 4) is 18.1 Å². The average Bonchev–Trinajstić information content (AvgIpc) is 2.67. The van der Waals surface area contributed by atoms with E-state index in [1.807, 2.05) is 0 Å². The van der Waals surface area contributed by atoms with Crippen molar-refractivity contribution in [3.05, 3.63) is 39.7 Å². The predicted octanol–water partition coefficient (Wildman–Crippen LogP) is -0.0126. The molecular weight excluding hydrogens is 392 g/mol. The van der Waals surface area contributed by atoms with Gasteiger partial charge in [-0.2, -0.15) is 0 Å². The van der Waals surface area contributed by atoms with Crippen LogP contribution >= 0.6 is 0 Å². The van der Waals surface area contributed by atoms with Gasteiger partial charge in [0.2, 0.25) is 5.78 Å². The summed E-state index contributed by atoms with van der Waals surface area (Å²) in [4.78, 5) is 37.1. The number of carbonyl (C=O) groups excluding carboxylic acids is 3. The van der Waals surface area contributed by atoms with E-state index < -0.39 is 57.8 Å². The van der Waals surface area contributed by atoms with E-state index in [1.54, 1.807) is 0 Å². The number of rotatable bonds is 1. The number of aromatic hydroxyl groups is 1. The summed E-state index contributed by atoms with van der Waals surface area (Å²) >= 11 is 0. The number of nitrogens with two attached hydrogens (primary N) is 2. The molecule has 1 amide bonds. The van der Waals surface area contributed by atoms with Crippen molar-refractivity contribution >= 4 is 28.9 Å². The smallest absolute Gasteiger partial charge is 0.255 e. The molecule has 0 aromatic heterocycles. The number of hydrogen-bond donors (Lipinski definition) is 6. The van der Waals surface area contributed by atoms with E-state index >= 15 is 0 Å². The van der Waals surface area contributed by atoms with Gasteiger partial charge in [-0.15, -0.1) is 6.42 Å². The van der Waals surface area contributed by atoms with Crippen LogP contribution in [0.15, 0.2) is 23.0 Å². The minimum absolute atomic E-state index is 0.0550. The van der Waals surface area contributed by atoms with Gasteiger partial charge < -0.3 is 31.9 Å². The highest BCUT2D eigenvalue weighted by Crippen LogP contribution is 2.52. The number of primary amides is 1. The summed E-state index contributed by atoms with van der Waals surface area (Å²) in [6, 6.07) is 1.53. The van der Waals surface area contributed by atoms with E-state index in [0.717, 1.165) is 0 Å². The van der Waals surface area contributed by atoms with Crippen LogP contribution in [0.2, 0.25) is 0 Å². The summed E-state index contributed by atoms with van der Waals surface area (Å²) < 4.78 is 0. The first kappa shape index (κ1) is 19.5. The van der Waals surface area contributed by atoms with Gasteiger partial charge in [-0.3, -0.25) is 14.4 Å². The largest absolute Gasteiger partial charge is 0.508 e. The zero-order valence-electron chi connectivity index (χ0n) is 15.6. The highest BCUT2D eigenvalue weighted by atomic mass is 16.3. The van der Waals surface area contributed by atoms with Crippen molar-refractivity contribution in [1.29, 1.82) is 0 Å². The summed E-state index contributed by atoms with van der Waals surface area (Å²) in [6.07, 6.45) is 5.27. The van der Waals surface area contributed by atoms with Crippen molar-refractivity contribution in [2.24, 2.45) is 17.6 Å². The first-order chi connectivity index (χ1) is 14.0. The molecule has 3 aliphatic carbocycles. The number of terminal acetylenes is 1. The molecule has 154 valence electrons.